The predicted octanol–water partition coefficient (Wildman–Crippen LogP) is 2.05. The lowest BCUT2D eigenvalue weighted by Crippen LogP contribution is -2.37. The first-order valence-corrected chi connectivity index (χ1v) is 9.85. The molecule has 0 saturated heterocycles. The van der Waals surface area contributed by atoms with Crippen LogP contribution in [-0.4, -0.2) is 43.4 Å². The summed E-state index contributed by atoms with van der Waals surface area (Å²) in [5.41, 5.74) is 1.51. The van der Waals surface area contributed by atoms with Crippen LogP contribution in [0.4, 0.5) is 0 Å². The zero-order valence-corrected chi connectivity index (χ0v) is 17.9. The van der Waals surface area contributed by atoms with Gasteiger partial charge in [0.05, 0.1) is 23.9 Å². The molecule has 0 N–H and O–H groups in total. The van der Waals surface area contributed by atoms with E-state index >= 15 is 0 Å². The SMILES string of the molecule is CCOc1ccc(-c2cn3c4c(=O)n(C)c(=O)n(C)c4nc3n2CCOC)cc1Cl. The standard InChI is InChI=1S/C20H22ClN5O4/c1-5-30-15-7-6-12(10-13(15)21)14-11-26-16-17(22-19(26)25(14)8-9-29-4)23(2)20(28)24(3)18(16)27/h6-7,10-11H,5,8-9H2,1-4H3. The van der Waals surface area contributed by atoms with E-state index in [9.17, 15) is 9.59 Å². The molecule has 0 amide bonds. The molecular weight excluding hydrogens is 410 g/mol. The summed E-state index contributed by atoms with van der Waals surface area (Å²) in [6, 6.07) is 5.55. The molecule has 3 heterocycles. The van der Waals surface area contributed by atoms with Crippen LogP contribution in [0, 0.1) is 0 Å². The third kappa shape index (κ3) is 3.01. The molecule has 10 heteroatoms. The highest BCUT2D eigenvalue weighted by atomic mass is 35.5. The Morgan fingerprint density at radius 3 is 2.60 bits per heavy atom. The van der Waals surface area contributed by atoms with E-state index in [4.69, 9.17) is 21.1 Å². The van der Waals surface area contributed by atoms with E-state index in [0.717, 1.165) is 15.8 Å². The van der Waals surface area contributed by atoms with Crippen LogP contribution in [0.25, 0.3) is 28.2 Å². The fourth-order valence-electron chi connectivity index (χ4n) is 3.58. The summed E-state index contributed by atoms with van der Waals surface area (Å²) in [7, 11) is 4.68. The van der Waals surface area contributed by atoms with Crippen LogP contribution in [0.1, 0.15) is 6.92 Å². The minimum atomic E-state index is -0.421. The van der Waals surface area contributed by atoms with Gasteiger partial charge in [0.25, 0.3) is 5.56 Å². The highest BCUT2D eigenvalue weighted by Crippen LogP contribution is 2.32. The van der Waals surface area contributed by atoms with Gasteiger partial charge in [-0.3, -0.25) is 18.3 Å². The number of fused-ring (bicyclic) bond motifs is 3. The van der Waals surface area contributed by atoms with Gasteiger partial charge < -0.3 is 14.0 Å². The lowest BCUT2D eigenvalue weighted by atomic mass is 10.1. The van der Waals surface area contributed by atoms with Crippen LogP contribution in [0.5, 0.6) is 5.75 Å². The molecule has 0 atom stereocenters. The average Bonchev–Trinajstić information content (AvgIpc) is 3.27. The van der Waals surface area contributed by atoms with E-state index in [1.165, 1.54) is 11.6 Å². The number of aryl methyl sites for hydroxylation is 1. The first kappa shape index (κ1) is 20.2. The largest absolute Gasteiger partial charge is 0.492 e. The van der Waals surface area contributed by atoms with Crippen LogP contribution in [0.3, 0.4) is 0 Å². The number of ether oxygens (including phenoxy) is 2. The lowest BCUT2D eigenvalue weighted by molar-refractivity contribution is 0.188. The van der Waals surface area contributed by atoms with Gasteiger partial charge >= 0.3 is 5.69 Å². The average molecular weight is 432 g/mol. The number of hydrogen-bond acceptors (Lipinski definition) is 5. The van der Waals surface area contributed by atoms with E-state index in [1.807, 2.05) is 35.9 Å². The molecule has 4 rings (SSSR count). The summed E-state index contributed by atoms with van der Waals surface area (Å²) in [4.78, 5) is 29.7. The minimum absolute atomic E-state index is 0.334. The van der Waals surface area contributed by atoms with Crippen molar-refractivity contribution < 1.29 is 9.47 Å². The normalized spacial score (nSPS) is 11.6. The molecule has 0 aliphatic carbocycles. The van der Waals surface area contributed by atoms with Crippen molar-refractivity contribution >= 4 is 28.5 Å². The molecule has 158 valence electrons. The second-order valence-corrected chi connectivity index (χ2v) is 7.30. The highest BCUT2D eigenvalue weighted by Gasteiger charge is 2.21. The molecule has 3 aromatic heterocycles. The van der Waals surface area contributed by atoms with Gasteiger partial charge in [-0.1, -0.05) is 11.6 Å². The van der Waals surface area contributed by atoms with Gasteiger partial charge in [-0.15, -0.1) is 0 Å². The maximum absolute atomic E-state index is 12.8. The van der Waals surface area contributed by atoms with E-state index in [2.05, 4.69) is 4.98 Å². The Bertz CT molecular complexity index is 1380. The molecule has 0 radical (unpaired) electrons. The Morgan fingerprint density at radius 2 is 1.93 bits per heavy atom. The Hall–Kier alpha value is -3.04. The molecule has 0 saturated carbocycles. The van der Waals surface area contributed by atoms with Crippen molar-refractivity contribution in [2.75, 3.05) is 20.3 Å². The van der Waals surface area contributed by atoms with Crippen LogP contribution in [0.2, 0.25) is 5.02 Å². The Labute approximate surface area is 176 Å². The van der Waals surface area contributed by atoms with Crippen LogP contribution < -0.4 is 16.0 Å². The third-order valence-corrected chi connectivity index (χ3v) is 5.40. The van der Waals surface area contributed by atoms with Crippen molar-refractivity contribution in [3.8, 4) is 17.0 Å². The summed E-state index contributed by atoms with van der Waals surface area (Å²) < 4.78 is 16.9. The smallest absolute Gasteiger partial charge is 0.332 e. The fourth-order valence-corrected chi connectivity index (χ4v) is 3.82. The Morgan fingerprint density at radius 1 is 1.17 bits per heavy atom. The quantitative estimate of drug-likeness (QED) is 0.466. The van der Waals surface area contributed by atoms with Crippen LogP contribution >= 0.6 is 11.6 Å². The second-order valence-electron chi connectivity index (χ2n) is 6.90. The first-order valence-electron chi connectivity index (χ1n) is 9.48. The van der Waals surface area contributed by atoms with E-state index in [1.54, 1.807) is 18.6 Å². The van der Waals surface area contributed by atoms with Crippen LogP contribution in [-0.2, 0) is 25.4 Å². The first-order chi connectivity index (χ1) is 14.4. The Kier molecular flexibility index (Phi) is 5.17. The number of methoxy groups -OCH3 is 1. The number of hydrogen-bond donors (Lipinski definition) is 0. The van der Waals surface area contributed by atoms with Gasteiger partial charge in [-0.05, 0) is 25.1 Å². The monoisotopic (exact) mass is 431 g/mol. The summed E-state index contributed by atoms with van der Waals surface area (Å²) in [5, 5.41) is 0.495. The topological polar surface area (TPSA) is 84.7 Å². The van der Waals surface area contributed by atoms with Gasteiger partial charge in [0.1, 0.15) is 5.75 Å². The summed E-state index contributed by atoms with van der Waals surface area (Å²) in [6.07, 6.45) is 1.83. The summed E-state index contributed by atoms with van der Waals surface area (Å²) in [6.45, 7) is 3.37. The number of nitrogens with zero attached hydrogens (tertiary/aromatic N) is 5. The Balaban J connectivity index is 2.02. The maximum Gasteiger partial charge on any atom is 0.332 e. The second kappa shape index (κ2) is 7.66. The van der Waals surface area contributed by atoms with Crippen molar-refractivity contribution in [1.29, 1.82) is 0 Å². The lowest BCUT2D eigenvalue weighted by Gasteiger charge is -2.11. The van der Waals surface area contributed by atoms with Gasteiger partial charge in [-0.2, -0.15) is 4.98 Å². The third-order valence-electron chi connectivity index (χ3n) is 5.10. The van der Waals surface area contributed by atoms with Gasteiger partial charge in [0.15, 0.2) is 11.2 Å². The molecule has 30 heavy (non-hydrogen) atoms. The maximum atomic E-state index is 12.8. The molecule has 0 aliphatic rings. The number of rotatable bonds is 6. The van der Waals surface area contributed by atoms with Gasteiger partial charge in [0, 0.05) is 39.5 Å². The van der Waals surface area contributed by atoms with Crippen molar-refractivity contribution in [2.24, 2.45) is 14.1 Å². The molecule has 0 aliphatic heterocycles. The molecule has 1 aromatic carbocycles. The number of benzene rings is 1. The molecule has 0 unspecified atom stereocenters. The summed E-state index contributed by atoms with van der Waals surface area (Å²) >= 11 is 6.39. The van der Waals surface area contributed by atoms with E-state index < -0.39 is 11.2 Å². The van der Waals surface area contributed by atoms with Gasteiger partial charge in [0.2, 0.25) is 5.78 Å². The zero-order valence-electron chi connectivity index (χ0n) is 17.2. The molecule has 9 nitrogen and oxygen atoms in total. The molecule has 0 spiro atoms. The van der Waals surface area contributed by atoms with E-state index in [-0.39, 0.29) is 0 Å². The van der Waals surface area contributed by atoms with Crippen molar-refractivity contribution in [2.45, 2.75) is 13.5 Å². The number of halogens is 1. The molecule has 4 aromatic rings. The predicted molar refractivity (Wildman–Crippen MR) is 115 cm³/mol. The number of aromatic nitrogens is 5. The van der Waals surface area contributed by atoms with Crippen molar-refractivity contribution in [3.05, 3.63) is 50.3 Å². The summed E-state index contributed by atoms with van der Waals surface area (Å²) in [5.74, 6) is 1.15. The van der Waals surface area contributed by atoms with Crippen molar-refractivity contribution in [1.82, 2.24) is 23.1 Å². The van der Waals surface area contributed by atoms with Crippen molar-refractivity contribution in [3.63, 3.8) is 0 Å². The molecular formula is C20H22ClN5O4. The zero-order chi connectivity index (χ0) is 21.6. The highest BCUT2D eigenvalue weighted by molar-refractivity contribution is 6.32. The van der Waals surface area contributed by atoms with Crippen LogP contribution in [0.15, 0.2) is 34.0 Å². The number of imidazole rings is 2. The fraction of sp³-hybridized carbons (Fsp3) is 0.350. The molecule has 0 fully saturated rings. The minimum Gasteiger partial charge on any atom is -0.492 e. The molecule has 0 bridgehead atoms. The van der Waals surface area contributed by atoms with E-state index in [0.29, 0.717) is 47.5 Å². The van der Waals surface area contributed by atoms with Gasteiger partial charge in [-0.25, -0.2) is 4.79 Å².